The molecular weight excluding hydrogens is 322 g/mol. The second-order valence-electron chi connectivity index (χ2n) is 5.80. The largest absolute Gasteiger partial charge is 0.325 e. The van der Waals surface area contributed by atoms with E-state index >= 15 is 0 Å². The molecule has 22 heavy (non-hydrogen) atoms. The number of anilines is 1. The number of thioether (sulfide) groups is 1. The molecule has 1 heterocycles. The maximum atomic E-state index is 12.2. The van der Waals surface area contributed by atoms with Gasteiger partial charge in [0.25, 0.3) is 0 Å². The molecule has 0 fully saturated rings. The van der Waals surface area contributed by atoms with Gasteiger partial charge in [0.2, 0.25) is 11.1 Å². The topological polar surface area (TPSA) is 72.7 Å². The van der Waals surface area contributed by atoms with E-state index in [9.17, 15) is 4.79 Å². The number of tetrazole rings is 1. The van der Waals surface area contributed by atoms with Crippen molar-refractivity contribution in [2.45, 2.75) is 43.6 Å². The molecule has 8 heteroatoms. The predicted molar refractivity (Wildman–Crippen MR) is 88.2 cm³/mol. The molecular formula is C14H18ClN5OS. The van der Waals surface area contributed by atoms with E-state index in [0.29, 0.717) is 15.9 Å². The van der Waals surface area contributed by atoms with Gasteiger partial charge in [0.05, 0.1) is 10.8 Å². The summed E-state index contributed by atoms with van der Waals surface area (Å²) in [5, 5.41) is 15.4. The quantitative estimate of drug-likeness (QED) is 0.866. The van der Waals surface area contributed by atoms with Crippen molar-refractivity contribution in [1.29, 1.82) is 0 Å². The molecule has 0 aliphatic rings. The van der Waals surface area contributed by atoms with Crippen molar-refractivity contribution in [1.82, 2.24) is 20.2 Å². The summed E-state index contributed by atoms with van der Waals surface area (Å²) in [6.45, 7) is 7.83. The second-order valence-corrected chi connectivity index (χ2v) is 7.54. The molecule has 2 aromatic rings. The summed E-state index contributed by atoms with van der Waals surface area (Å²) >= 11 is 7.15. The number of carbonyl (C=O) groups is 1. The third kappa shape index (κ3) is 4.20. The molecule has 0 aliphatic heterocycles. The lowest BCUT2D eigenvalue weighted by atomic mass is 10.1. The Morgan fingerprint density at radius 3 is 2.55 bits per heavy atom. The molecule has 0 radical (unpaired) electrons. The van der Waals surface area contributed by atoms with Crippen LogP contribution in [0.1, 0.15) is 27.7 Å². The molecule has 1 unspecified atom stereocenters. The fourth-order valence-electron chi connectivity index (χ4n) is 1.66. The van der Waals surface area contributed by atoms with Gasteiger partial charge >= 0.3 is 0 Å². The Balaban J connectivity index is 2.03. The summed E-state index contributed by atoms with van der Waals surface area (Å²) in [4.78, 5) is 12.2. The normalized spacial score (nSPS) is 13.0. The van der Waals surface area contributed by atoms with E-state index in [1.54, 1.807) is 28.9 Å². The number of nitrogens with zero attached hydrogens (tertiary/aromatic N) is 4. The van der Waals surface area contributed by atoms with E-state index in [1.165, 1.54) is 11.8 Å². The van der Waals surface area contributed by atoms with Crippen LogP contribution in [0.4, 0.5) is 5.69 Å². The van der Waals surface area contributed by atoms with Gasteiger partial charge in [0, 0.05) is 10.7 Å². The van der Waals surface area contributed by atoms with Gasteiger partial charge in [-0.25, -0.2) is 4.68 Å². The highest BCUT2D eigenvalue weighted by Crippen LogP contribution is 2.25. The highest BCUT2D eigenvalue weighted by Gasteiger charge is 2.24. The Bertz CT molecular complexity index is 650. The highest BCUT2D eigenvalue weighted by molar-refractivity contribution is 8.00. The summed E-state index contributed by atoms with van der Waals surface area (Å²) < 4.78 is 1.71. The van der Waals surface area contributed by atoms with Crippen molar-refractivity contribution >= 4 is 35.0 Å². The number of aromatic nitrogens is 4. The van der Waals surface area contributed by atoms with Crippen molar-refractivity contribution in [2.24, 2.45) is 0 Å². The molecule has 1 aromatic heterocycles. The maximum absolute atomic E-state index is 12.2. The van der Waals surface area contributed by atoms with Gasteiger partial charge in [0.15, 0.2) is 0 Å². The fourth-order valence-corrected chi connectivity index (χ4v) is 2.76. The first-order valence-corrected chi connectivity index (χ1v) is 8.05. The summed E-state index contributed by atoms with van der Waals surface area (Å²) in [6.07, 6.45) is 0. The highest BCUT2D eigenvalue weighted by atomic mass is 35.5. The van der Waals surface area contributed by atoms with E-state index < -0.39 is 0 Å². The van der Waals surface area contributed by atoms with Gasteiger partial charge in [0.1, 0.15) is 0 Å². The minimum Gasteiger partial charge on any atom is -0.325 e. The molecule has 1 amide bonds. The van der Waals surface area contributed by atoms with Crippen molar-refractivity contribution < 1.29 is 4.79 Å². The first-order chi connectivity index (χ1) is 10.3. The molecule has 0 aliphatic carbocycles. The summed E-state index contributed by atoms with van der Waals surface area (Å²) in [5.41, 5.74) is 0.468. The Hall–Kier alpha value is -1.60. The van der Waals surface area contributed by atoms with Crippen LogP contribution in [-0.2, 0) is 10.3 Å². The molecule has 0 bridgehead atoms. The summed E-state index contributed by atoms with van der Waals surface area (Å²) in [6, 6.07) is 6.98. The number of hydrogen-bond acceptors (Lipinski definition) is 5. The second kappa shape index (κ2) is 6.66. The molecule has 2 rings (SSSR count). The monoisotopic (exact) mass is 339 g/mol. The van der Waals surface area contributed by atoms with E-state index in [2.05, 4.69) is 20.8 Å². The zero-order chi connectivity index (χ0) is 16.3. The molecule has 0 saturated heterocycles. The van der Waals surface area contributed by atoms with E-state index in [0.717, 1.165) is 0 Å². The van der Waals surface area contributed by atoms with Gasteiger partial charge in [-0.15, -0.1) is 5.10 Å². The lowest BCUT2D eigenvalue weighted by Crippen LogP contribution is -2.27. The third-order valence-corrected chi connectivity index (χ3v) is 4.12. The first kappa shape index (κ1) is 16.8. The smallest absolute Gasteiger partial charge is 0.237 e. The van der Waals surface area contributed by atoms with Crippen LogP contribution in [0.5, 0.6) is 0 Å². The van der Waals surface area contributed by atoms with Crippen LogP contribution in [0.15, 0.2) is 29.4 Å². The van der Waals surface area contributed by atoms with Gasteiger partial charge in [-0.3, -0.25) is 4.79 Å². The van der Waals surface area contributed by atoms with Crippen molar-refractivity contribution in [3.05, 3.63) is 29.3 Å². The van der Waals surface area contributed by atoms with E-state index in [-0.39, 0.29) is 16.7 Å². The Labute approximate surface area is 138 Å². The zero-order valence-corrected chi connectivity index (χ0v) is 14.4. The molecule has 118 valence electrons. The minimum absolute atomic E-state index is 0.115. The molecule has 1 aromatic carbocycles. The lowest BCUT2D eigenvalue weighted by Gasteiger charge is -2.20. The number of amides is 1. The van der Waals surface area contributed by atoms with Crippen molar-refractivity contribution in [3.63, 3.8) is 0 Å². The lowest BCUT2D eigenvalue weighted by molar-refractivity contribution is -0.115. The number of benzene rings is 1. The van der Waals surface area contributed by atoms with Crippen LogP contribution in [0, 0.1) is 0 Å². The average molecular weight is 340 g/mol. The number of rotatable bonds is 4. The average Bonchev–Trinajstić information content (AvgIpc) is 2.89. The van der Waals surface area contributed by atoms with Gasteiger partial charge < -0.3 is 5.32 Å². The van der Waals surface area contributed by atoms with E-state index in [1.807, 2.05) is 27.7 Å². The first-order valence-electron chi connectivity index (χ1n) is 6.79. The van der Waals surface area contributed by atoms with Crippen LogP contribution >= 0.6 is 23.4 Å². The number of nitrogens with one attached hydrogen (secondary N) is 1. The maximum Gasteiger partial charge on any atom is 0.237 e. The van der Waals surface area contributed by atoms with Gasteiger partial charge in [-0.1, -0.05) is 23.4 Å². The SMILES string of the molecule is CC(Sc1nnnn1C(C)(C)C)C(=O)Nc1ccc(Cl)cc1. The summed E-state index contributed by atoms with van der Waals surface area (Å²) in [7, 11) is 0. The van der Waals surface area contributed by atoms with Gasteiger partial charge in [-0.05, 0) is 62.4 Å². The number of hydrogen-bond donors (Lipinski definition) is 1. The molecule has 0 spiro atoms. The van der Waals surface area contributed by atoms with Crippen LogP contribution in [0.2, 0.25) is 5.02 Å². The van der Waals surface area contributed by atoms with Crippen LogP contribution in [-0.4, -0.2) is 31.4 Å². The van der Waals surface area contributed by atoms with Crippen LogP contribution in [0.25, 0.3) is 0 Å². The van der Waals surface area contributed by atoms with Crippen molar-refractivity contribution in [3.8, 4) is 0 Å². The van der Waals surface area contributed by atoms with Crippen LogP contribution < -0.4 is 5.32 Å². The van der Waals surface area contributed by atoms with Crippen LogP contribution in [0.3, 0.4) is 0 Å². The molecule has 6 nitrogen and oxygen atoms in total. The molecule has 1 N–H and O–H groups in total. The Kier molecular flexibility index (Phi) is 5.08. The zero-order valence-electron chi connectivity index (χ0n) is 12.9. The molecule has 0 saturated carbocycles. The van der Waals surface area contributed by atoms with Gasteiger partial charge in [-0.2, -0.15) is 0 Å². The number of halogens is 1. The third-order valence-electron chi connectivity index (χ3n) is 2.84. The Morgan fingerprint density at radius 2 is 1.95 bits per heavy atom. The fraction of sp³-hybridized carbons (Fsp3) is 0.429. The van der Waals surface area contributed by atoms with Crippen molar-refractivity contribution in [2.75, 3.05) is 5.32 Å². The Morgan fingerprint density at radius 1 is 1.32 bits per heavy atom. The standard InChI is InChI=1S/C14H18ClN5OS/c1-9(12(21)16-11-7-5-10(15)6-8-11)22-13-17-18-19-20(13)14(2,3)4/h5-9H,1-4H3,(H,16,21). The molecule has 1 atom stereocenters. The van der Waals surface area contributed by atoms with E-state index in [4.69, 9.17) is 11.6 Å². The summed E-state index contributed by atoms with van der Waals surface area (Å²) in [5.74, 6) is -0.115. The minimum atomic E-state index is -0.331. The number of carbonyl (C=O) groups excluding carboxylic acids is 1. The predicted octanol–water partition coefficient (Wildman–Crippen LogP) is 3.20.